The number of nitrogens with one attached hydrogen (secondary N) is 1. The number of hydrogen-bond donors (Lipinski definition) is 4. The van der Waals surface area contributed by atoms with Crippen molar-refractivity contribution in [2.45, 2.75) is 45.3 Å². The summed E-state index contributed by atoms with van der Waals surface area (Å²) >= 11 is 16.0. The fraction of sp³-hybridized carbons (Fsp3) is 0.314. The number of pyridine rings is 1. The maximum absolute atomic E-state index is 14.4. The first kappa shape index (κ1) is 54.3. The third-order valence-corrected chi connectivity index (χ3v) is 14.2. The molecule has 1 saturated heterocycles. The average Bonchev–Trinajstić information content (AvgIpc) is 3.79. The van der Waals surface area contributed by atoms with Gasteiger partial charge < -0.3 is 45.1 Å². The van der Waals surface area contributed by atoms with E-state index >= 15 is 0 Å². The summed E-state index contributed by atoms with van der Waals surface area (Å²) < 4.78 is 72.4. The number of carbonyl (C=O) groups is 2. The first-order chi connectivity index (χ1) is 35.9. The van der Waals surface area contributed by atoms with E-state index in [2.05, 4.69) is 42.1 Å². The molecule has 394 valence electrons. The Bertz CT molecular complexity index is 3160. The molecule has 75 heavy (non-hydrogen) atoms. The van der Waals surface area contributed by atoms with Gasteiger partial charge in [-0.2, -0.15) is 13.2 Å². The van der Waals surface area contributed by atoms with Crippen molar-refractivity contribution < 1.29 is 56.3 Å². The van der Waals surface area contributed by atoms with Crippen molar-refractivity contribution in [2.24, 2.45) is 5.73 Å². The summed E-state index contributed by atoms with van der Waals surface area (Å²) in [5.74, 6) is -2.10. The van der Waals surface area contributed by atoms with Crippen LogP contribution in [-0.4, -0.2) is 135 Å². The minimum absolute atomic E-state index is 0.0195. The standard InChI is InChI=1S/C49H48Cl2FN9O6S.C2HF3O2/c1-27-39-28(2)43(51)44(42(27)50)66-35(23-61-18-16-60(3)17-19-61)25-64-34-9-10-36(65-24-33-12-14-55-46(59-33)30-6-11-38(56-22-30)54-15-13-53)31(20-34)21-37(49(62)63)67-47-41-40(39)45(68-48(41)58-26-57-47)29-4-7-32(52)8-5-29;3-2(4,5)1(6)7/h4-12,14,20,22,26,35,37H,13,15-19,21,23-25,53H2,1-3H3,(H,54,56)(H,62,63);(H,6,7)/t35-,37-;/m1./s1. The Kier molecular flexibility index (Phi) is 17.2. The molecule has 3 aromatic carbocycles. The van der Waals surface area contributed by atoms with Crippen LogP contribution in [0.15, 0.2) is 79.4 Å². The lowest BCUT2D eigenvalue weighted by Gasteiger charge is -2.35. The normalized spacial score (nSPS) is 16.2. The molecule has 3 aliphatic rings. The summed E-state index contributed by atoms with van der Waals surface area (Å²) in [5.41, 5.74) is 10.6. The molecule has 4 aromatic heterocycles. The minimum atomic E-state index is -5.08. The summed E-state index contributed by atoms with van der Waals surface area (Å²) in [7, 11) is 2.10. The highest BCUT2D eigenvalue weighted by molar-refractivity contribution is 7.22. The maximum Gasteiger partial charge on any atom is 0.490 e. The van der Waals surface area contributed by atoms with Crippen molar-refractivity contribution >= 4 is 62.5 Å². The molecule has 0 spiro atoms. The van der Waals surface area contributed by atoms with E-state index in [1.165, 1.54) is 29.8 Å². The number of nitrogens with two attached hydrogens (primary N) is 1. The Morgan fingerprint density at radius 1 is 0.920 bits per heavy atom. The van der Waals surface area contributed by atoms with E-state index < -0.39 is 36.1 Å². The number of halogens is 6. The van der Waals surface area contributed by atoms with Gasteiger partial charge in [-0.05, 0) is 91.7 Å². The van der Waals surface area contributed by atoms with Gasteiger partial charge in [0.05, 0.1) is 21.1 Å². The number of anilines is 1. The third kappa shape index (κ3) is 12.9. The van der Waals surface area contributed by atoms with E-state index in [4.69, 9.17) is 62.8 Å². The molecule has 3 aliphatic heterocycles. The number of alkyl halides is 3. The largest absolute Gasteiger partial charge is 0.490 e. The van der Waals surface area contributed by atoms with Gasteiger partial charge in [-0.25, -0.2) is 38.9 Å². The van der Waals surface area contributed by atoms with Gasteiger partial charge in [0, 0.05) is 86.2 Å². The lowest BCUT2D eigenvalue weighted by molar-refractivity contribution is -0.192. The molecule has 17 nitrogen and oxygen atoms in total. The average molecular weight is 1090 g/mol. The molecule has 0 amide bonds. The quantitative estimate of drug-likeness (QED) is 0.0888. The number of hydrogen-bond acceptors (Lipinski definition) is 16. The highest BCUT2D eigenvalue weighted by Crippen LogP contribution is 2.53. The van der Waals surface area contributed by atoms with Crippen LogP contribution in [0, 0.1) is 19.7 Å². The van der Waals surface area contributed by atoms with E-state index in [1.54, 1.807) is 48.8 Å². The van der Waals surface area contributed by atoms with Gasteiger partial charge in [0.1, 0.15) is 53.6 Å². The van der Waals surface area contributed by atoms with Crippen LogP contribution in [0.2, 0.25) is 10.0 Å². The van der Waals surface area contributed by atoms with E-state index in [1.807, 2.05) is 26.0 Å². The molecule has 5 N–H and O–H groups in total. The summed E-state index contributed by atoms with van der Waals surface area (Å²) in [6.07, 6.45) is -2.61. The lowest BCUT2D eigenvalue weighted by Crippen LogP contribution is -2.49. The first-order valence-corrected chi connectivity index (χ1v) is 24.9. The SMILES string of the molecule is Cc1c(Cl)c2c(Cl)c(C)c1-c1c(-c3ccc(F)cc3)sc3ncnc(c13)O[C@@H](C(=O)O)Cc1cc(ccc1OCc1ccnc(-c3ccc(NCCN)nc3)n1)OC[C@@H](CN1CCN(C)CC1)O2.O=C(O)C(F)(F)F. The van der Waals surface area contributed by atoms with Gasteiger partial charge in [0.2, 0.25) is 12.0 Å². The Hall–Kier alpha value is -6.95. The number of ether oxygens (including phenoxy) is 4. The predicted octanol–water partition coefficient (Wildman–Crippen LogP) is 8.98. The highest BCUT2D eigenvalue weighted by Gasteiger charge is 2.38. The van der Waals surface area contributed by atoms with Gasteiger partial charge in [-0.3, -0.25) is 4.90 Å². The predicted molar refractivity (Wildman–Crippen MR) is 275 cm³/mol. The second-order valence-corrected chi connectivity index (χ2v) is 19.2. The number of thiophene rings is 1. The molecule has 24 heteroatoms. The number of fused-ring (bicyclic) bond motifs is 7. The minimum Gasteiger partial charge on any atom is -0.490 e. The van der Waals surface area contributed by atoms with Gasteiger partial charge in [0.15, 0.2) is 11.6 Å². The third-order valence-electron chi connectivity index (χ3n) is 12.2. The highest BCUT2D eigenvalue weighted by atomic mass is 35.5. The van der Waals surface area contributed by atoms with Gasteiger partial charge in [-0.1, -0.05) is 35.3 Å². The second-order valence-electron chi connectivity index (χ2n) is 17.4. The molecule has 7 heterocycles. The first-order valence-electron chi connectivity index (χ1n) is 23.3. The van der Waals surface area contributed by atoms with E-state index in [9.17, 15) is 27.5 Å². The van der Waals surface area contributed by atoms with E-state index in [-0.39, 0.29) is 25.5 Å². The molecule has 1 fully saturated rings. The van der Waals surface area contributed by atoms with E-state index in [0.717, 1.165) is 26.2 Å². The van der Waals surface area contributed by atoms with Crippen LogP contribution in [-0.2, 0) is 22.6 Å². The molecule has 2 atom stereocenters. The monoisotopic (exact) mass is 1090 g/mol. The van der Waals surface area contributed by atoms with Gasteiger partial charge >= 0.3 is 18.1 Å². The van der Waals surface area contributed by atoms with Crippen molar-refractivity contribution in [3.8, 4) is 56.1 Å². The summed E-state index contributed by atoms with van der Waals surface area (Å²) in [6.45, 7) is 8.90. The number of benzene rings is 3. The van der Waals surface area contributed by atoms with Crippen LogP contribution in [0.25, 0.3) is 43.2 Å². The van der Waals surface area contributed by atoms with Crippen LogP contribution in [0.3, 0.4) is 0 Å². The van der Waals surface area contributed by atoms with Crippen molar-refractivity contribution in [3.05, 3.63) is 118 Å². The zero-order valence-electron chi connectivity index (χ0n) is 40.5. The van der Waals surface area contributed by atoms with Crippen molar-refractivity contribution in [1.29, 1.82) is 0 Å². The Balaban J connectivity index is 0.000000997. The maximum atomic E-state index is 14.4. The molecule has 0 saturated carbocycles. The molecule has 0 unspecified atom stereocenters. The van der Waals surface area contributed by atoms with E-state index in [0.29, 0.717) is 118 Å². The summed E-state index contributed by atoms with van der Waals surface area (Å²) in [4.78, 5) is 50.9. The topological polar surface area (TPSA) is 220 Å². The van der Waals surface area contributed by atoms with Crippen molar-refractivity contribution in [2.75, 3.05) is 64.8 Å². The van der Waals surface area contributed by atoms with Gasteiger partial charge in [0.25, 0.3) is 0 Å². The fourth-order valence-corrected chi connectivity index (χ4v) is 9.97. The molecule has 7 aromatic rings. The number of piperazine rings is 1. The number of carboxylic acids is 2. The van der Waals surface area contributed by atoms with Crippen molar-refractivity contribution in [3.63, 3.8) is 0 Å². The molecular formula is C51H49Cl2F4N9O8S. The molecule has 4 bridgehead atoms. The Morgan fingerprint density at radius 2 is 1.63 bits per heavy atom. The van der Waals surface area contributed by atoms with Crippen molar-refractivity contribution in [1.82, 2.24) is 34.7 Å². The van der Waals surface area contributed by atoms with Crippen LogP contribution in [0.5, 0.6) is 23.1 Å². The van der Waals surface area contributed by atoms with Gasteiger partial charge in [-0.15, -0.1) is 11.3 Å². The number of aliphatic carboxylic acids is 2. The lowest BCUT2D eigenvalue weighted by atomic mass is 9.92. The summed E-state index contributed by atoms with van der Waals surface area (Å²) in [5, 5.41) is 22.2. The summed E-state index contributed by atoms with van der Waals surface area (Å²) in [6, 6.07) is 16.8. The molecule has 0 radical (unpaired) electrons. The smallest absolute Gasteiger partial charge is 0.490 e. The molecule has 0 aliphatic carbocycles. The van der Waals surface area contributed by atoms with Crippen LogP contribution in [0.1, 0.15) is 22.4 Å². The second kappa shape index (κ2) is 23.7. The van der Waals surface area contributed by atoms with Crippen LogP contribution >= 0.6 is 34.5 Å². The number of rotatable bonds is 11. The number of carboxylic acid groups (broad SMARTS) is 2. The zero-order valence-corrected chi connectivity index (χ0v) is 42.8. The number of aromatic nitrogens is 5. The van der Waals surface area contributed by atoms with Crippen LogP contribution < -0.4 is 30.0 Å². The molecule has 10 rings (SSSR count). The fourth-order valence-electron chi connectivity index (χ4n) is 8.31. The zero-order chi connectivity index (χ0) is 53.6. The number of nitrogens with zero attached hydrogens (tertiary/aromatic N) is 7. The molecular weight excluding hydrogens is 1050 g/mol. The van der Waals surface area contributed by atoms with Crippen LogP contribution in [0.4, 0.5) is 23.4 Å². The Morgan fingerprint density at radius 3 is 2.28 bits per heavy atom. The Labute approximate surface area is 441 Å². The number of likely N-dealkylation sites (N-methyl/N-ethyl adjacent to an activating group) is 1.